The first kappa shape index (κ1) is 11.5. The van der Waals surface area contributed by atoms with Gasteiger partial charge in [0.1, 0.15) is 17.5 Å². The van der Waals surface area contributed by atoms with Crippen molar-refractivity contribution in [3.05, 3.63) is 28.7 Å². The number of hydrogen-bond acceptors (Lipinski definition) is 6. The van der Waals surface area contributed by atoms with Crippen LogP contribution in [-0.4, -0.2) is 32.4 Å². The average Bonchev–Trinajstić information content (AvgIpc) is 2.32. The summed E-state index contributed by atoms with van der Waals surface area (Å²) in [5.74, 6) is -0.214. The minimum Gasteiger partial charge on any atom is -0.483 e. The lowest BCUT2D eigenvalue weighted by molar-refractivity contribution is -0.0794. The highest BCUT2D eigenvalue weighted by atomic mass is 16.6. The molecule has 0 amide bonds. The summed E-state index contributed by atoms with van der Waals surface area (Å²) in [6.07, 6.45) is -0.0941. The Hall–Kier alpha value is -1.95. The van der Waals surface area contributed by atoms with E-state index in [9.17, 15) is 9.70 Å². The number of rotatable bonds is 4. The first-order valence-electron chi connectivity index (χ1n) is 5.04. The van der Waals surface area contributed by atoms with E-state index in [-0.39, 0.29) is 17.5 Å². The predicted octanol–water partition coefficient (Wildman–Crippen LogP) is 1.65. The van der Waals surface area contributed by atoms with Gasteiger partial charge in [-0.1, -0.05) is 0 Å². The van der Waals surface area contributed by atoms with E-state index in [1.54, 1.807) is 0 Å². The monoisotopic (exact) mass is 237 g/mol. The topological polar surface area (TPSA) is 74.2 Å². The zero-order valence-corrected chi connectivity index (χ0v) is 9.21. The molecular weight excluding hydrogens is 226 g/mol. The molecule has 1 aromatic rings. The molecule has 0 spiro atoms. The summed E-state index contributed by atoms with van der Waals surface area (Å²) in [4.78, 5) is 21.9. The number of nitroso groups, excluding NO2 is 1. The van der Waals surface area contributed by atoms with E-state index < -0.39 is 5.97 Å². The Morgan fingerprint density at radius 2 is 2.24 bits per heavy atom. The van der Waals surface area contributed by atoms with Crippen molar-refractivity contribution in [3.8, 4) is 5.75 Å². The Morgan fingerprint density at radius 3 is 2.76 bits per heavy atom. The molecule has 1 aromatic carbocycles. The molecule has 1 fully saturated rings. The quantitative estimate of drug-likeness (QED) is 0.588. The van der Waals surface area contributed by atoms with Gasteiger partial charge in [0.2, 0.25) is 0 Å². The van der Waals surface area contributed by atoms with Crippen LogP contribution >= 0.6 is 0 Å². The van der Waals surface area contributed by atoms with Gasteiger partial charge < -0.3 is 14.2 Å². The summed E-state index contributed by atoms with van der Waals surface area (Å²) in [7, 11) is 1.29. The highest BCUT2D eigenvalue weighted by Gasteiger charge is 2.22. The number of esters is 1. The largest absolute Gasteiger partial charge is 0.483 e. The van der Waals surface area contributed by atoms with Crippen molar-refractivity contribution in [2.24, 2.45) is 5.18 Å². The molecule has 1 aliphatic heterocycles. The van der Waals surface area contributed by atoms with Gasteiger partial charge >= 0.3 is 5.97 Å². The lowest BCUT2D eigenvalue weighted by atomic mass is 10.2. The average molecular weight is 237 g/mol. The molecule has 1 aliphatic rings. The highest BCUT2D eigenvalue weighted by Crippen LogP contribution is 2.30. The third kappa shape index (κ3) is 2.42. The van der Waals surface area contributed by atoms with E-state index in [4.69, 9.17) is 9.47 Å². The Bertz CT molecular complexity index is 441. The molecule has 0 saturated carbocycles. The van der Waals surface area contributed by atoms with Crippen LogP contribution < -0.4 is 4.74 Å². The van der Waals surface area contributed by atoms with Crippen LogP contribution in [0.4, 0.5) is 5.69 Å². The molecule has 0 aliphatic carbocycles. The number of hydrogen-bond donors (Lipinski definition) is 0. The number of ether oxygens (including phenoxy) is 3. The van der Waals surface area contributed by atoms with Gasteiger partial charge in [0, 0.05) is 0 Å². The van der Waals surface area contributed by atoms with Crippen LogP contribution in [0.25, 0.3) is 0 Å². The fourth-order valence-electron chi connectivity index (χ4n) is 1.39. The number of methoxy groups -OCH3 is 1. The number of carbonyl (C=O) groups is 1. The minimum atomic E-state index is -0.489. The maximum absolute atomic E-state index is 11.3. The van der Waals surface area contributed by atoms with E-state index >= 15 is 0 Å². The first-order valence-corrected chi connectivity index (χ1v) is 5.04. The summed E-state index contributed by atoms with van der Waals surface area (Å²) in [5.41, 5.74) is 0.472. The molecule has 0 radical (unpaired) electrons. The van der Waals surface area contributed by atoms with Crippen LogP contribution in [0.3, 0.4) is 0 Å². The Balaban J connectivity index is 2.25. The van der Waals surface area contributed by atoms with Crippen molar-refractivity contribution in [3.63, 3.8) is 0 Å². The molecule has 2 rings (SSSR count). The second-order valence-electron chi connectivity index (χ2n) is 3.54. The van der Waals surface area contributed by atoms with Crippen molar-refractivity contribution in [2.45, 2.75) is 6.10 Å². The molecule has 90 valence electrons. The zero-order chi connectivity index (χ0) is 12.3. The molecular formula is C11H11NO5. The molecule has 0 atom stereocenters. The molecule has 1 heterocycles. The van der Waals surface area contributed by atoms with Gasteiger partial charge in [0.05, 0.1) is 25.9 Å². The van der Waals surface area contributed by atoms with Gasteiger partial charge in [0.15, 0.2) is 0 Å². The summed E-state index contributed by atoms with van der Waals surface area (Å²) < 4.78 is 15.0. The van der Waals surface area contributed by atoms with E-state index in [2.05, 4.69) is 9.91 Å². The van der Waals surface area contributed by atoms with E-state index in [0.717, 1.165) is 0 Å². The summed E-state index contributed by atoms with van der Waals surface area (Å²) in [6, 6.07) is 4.34. The van der Waals surface area contributed by atoms with Gasteiger partial charge in [-0.2, -0.15) is 0 Å². The van der Waals surface area contributed by atoms with Crippen LogP contribution in [-0.2, 0) is 9.47 Å². The molecule has 1 saturated heterocycles. The van der Waals surface area contributed by atoms with E-state index in [1.807, 2.05) is 0 Å². The number of carbonyl (C=O) groups excluding carboxylic acids is 1. The fraction of sp³-hybridized carbons (Fsp3) is 0.364. The lowest BCUT2D eigenvalue weighted by Gasteiger charge is -2.27. The van der Waals surface area contributed by atoms with Gasteiger partial charge in [0.25, 0.3) is 0 Å². The van der Waals surface area contributed by atoms with Gasteiger partial charge in [-0.15, -0.1) is 4.91 Å². The zero-order valence-electron chi connectivity index (χ0n) is 9.21. The summed E-state index contributed by atoms with van der Waals surface area (Å²) >= 11 is 0. The Morgan fingerprint density at radius 1 is 1.47 bits per heavy atom. The van der Waals surface area contributed by atoms with Crippen LogP contribution in [0.1, 0.15) is 10.4 Å². The van der Waals surface area contributed by atoms with Crippen molar-refractivity contribution < 1.29 is 19.0 Å². The van der Waals surface area contributed by atoms with Crippen molar-refractivity contribution in [2.75, 3.05) is 20.3 Å². The maximum atomic E-state index is 11.3. The molecule has 0 aromatic heterocycles. The Labute approximate surface area is 97.4 Å². The summed E-state index contributed by atoms with van der Waals surface area (Å²) in [5, 5.41) is 2.84. The smallest absolute Gasteiger partial charge is 0.337 e. The standard InChI is InChI=1S/C11H11NO5/c1-15-11(13)7-2-3-9(12-14)10(4-7)17-8-5-16-6-8/h2-4,8H,5-6H2,1H3. The Kier molecular flexibility index (Phi) is 3.34. The minimum absolute atomic E-state index is 0.0941. The molecule has 6 nitrogen and oxygen atoms in total. The summed E-state index contributed by atoms with van der Waals surface area (Å²) in [6.45, 7) is 0.946. The van der Waals surface area contributed by atoms with Crippen molar-refractivity contribution in [1.29, 1.82) is 0 Å². The molecule has 0 unspecified atom stereocenters. The predicted molar refractivity (Wildman–Crippen MR) is 58.5 cm³/mol. The first-order chi connectivity index (χ1) is 8.24. The maximum Gasteiger partial charge on any atom is 0.337 e. The van der Waals surface area contributed by atoms with Crippen LogP contribution in [0.15, 0.2) is 23.4 Å². The third-order valence-corrected chi connectivity index (χ3v) is 2.38. The number of nitrogens with zero attached hydrogens (tertiary/aromatic N) is 1. The van der Waals surface area contributed by atoms with E-state index in [1.165, 1.54) is 25.3 Å². The fourth-order valence-corrected chi connectivity index (χ4v) is 1.39. The molecule has 0 N–H and O–H groups in total. The van der Waals surface area contributed by atoms with Gasteiger partial charge in [-0.25, -0.2) is 4.79 Å². The second kappa shape index (κ2) is 4.92. The highest BCUT2D eigenvalue weighted by molar-refractivity contribution is 5.90. The number of benzene rings is 1. The molecule has 17 heavy (non-hydrogen) atoms. The van der Waals surface area contributed by atoms with Crippen LogP contribution in [0.2, 0.25) is 0 Å². The third-order valence-electron chi connectivity index (χ3n) is 2.38. The SMILES string of the molecule is COC(=O)c1ccc(N=O)c(OC2COC2)c1. The van der Waals surface area contributed by atoms with Crippen LogP contribution in [0, 0.1) is 4.91 Å². The second-order valence-corrected chi connectivity index (χ2v) is 3.54. The normalized spacial score (nSPS) is 14.9. The lowest BCUT2D eigenvalue weighted by Crippen LogP contribution is -2.38. The van der Waals surface area contributed by atoms with Crippen molar-refractivity contribution in [1.82, 2.24) is 0 Å². The van der Waals surface area contributed by atoms with Gasteiger partial charge in [-0.3, -0.25) is 0 Å². The van der Waals surface area contributed by atoms with Crippen molar-refractivity contribution >= 4 is 11.7 Å². The van der Waals surface area contributed by atoms with Gasteiger partial charge in [-0.05, 0) is 23.4 Å². The molecule has 0 bridgehead atoms. The molecule has 6 heteroatoms. The van der Waals surface area contributed by atoms with E-state index in [0.29, 0.717) is 18.8 Å². The van der Waals surface area contributed by atoms with Crippen LogP contribution in [0.5, 0.6) is 5.75 Å².